The molecular formula is C17H10F4N2O2. The van der Waals surface area contributed by atoms with Crippen molar-refractivity contribution in [3.63, 3.8) is 0 Å². The molecule has 0 unspecified atom stereocenters. The van der Waals surface area contributed by atoms with Crippen molar-refractivity contribution in [1.82, 2.24) is 0 Å². The molecular weight excluding hydrogens is 340 g/mol. The fourth-order valence-electron chi connectivity index (χ4n) is 1.93. The monoisotopic (exact) mass is 350 g/mol. The molecule has 0 fully saturated rings. The van der Waals surface area contributed by atoms with Gasteiger partial charge in [0.05, 0.1) is 5.56 Å². The van der Waals surface area contributed by atoms with Gasteiger partial charge in [0.15, 0.2) is 5.57 Å². The molecule has 0 bridgehead atoms. The number of benzene rings is 2. The van der Waals surface area contributed by atoms with E-state index in [0.29, 0.717) is 6.07 Å². The molecule has 2 aromatic rings. The van der Waals surface area contributed by atoms with Crippen LogP contribution in [0.3, 0.4) is 0 Å². The maximum Gasteiger partial charge on any atom is 0.416 e. The summed E-state index contributed by atoms with van der Waals surface area (Å²) in [7, 11) is 0. The lowest BCUT2D eigenvalue weighted by Crippen LogP contribution is -2.16. The smallest absolute Gasteiger partial charge is 0.416 e. The fourth-order valence-corrected chi connectivity index (χ4v) is 1.93. The first-order chi connectivity index (χ1) is 11.7. The zero-order valence-corrected chi connectivity index (χ0v) is 12.4. The molecule has 0 aliphatic heterocycles. The molecule has 0 saturated heterocycles. The molecule has 2 aromatic carbocycles. The third kappa shape index (κ3) is 4.35. The van der Waals surface area contributed by atoms with Crippen molar-refractivity contribution in [3.05, 3.63) is 71.0 Å². The van der Waals surface area contributed by atoms with Crippen LogP contribution in [0.1, 0.15) is 11.1 Å². The number of alkyl halides is 3. The molecule has 0 aliphatic carbocycles. The molecule has 4 nitrogen and oxygen atoms in total. The highest BCUT2D eigenvalue weighted by Gasteiger charge is 2.30. The summed E-state index contributed by atoms with van der Waals surface area (Å²) >= 11 is 0. The van der Waals surface area contributed by atoms with Crippen LogP contribution >= 0.6 is 0 Å². The number of nitrogens with zero attached hydrogens (tertiary/aromatic N) is 1. The van der Waals surface area contributed by atoms with Crippen molar-refractivity contribution >= 4 is 17.4 Å². The van der Waals surface area contributed by atoms with E-state index in [1.54, 1.807) is 0 Å². The molecule has 0 radical (unpaired) electrons. The highest BCUT2D eigenvalue weighted by Crippen LogP contribution is 2.30. The van der Waals surface area contributed by atoms with Crippen molar-refractivity contribution in [3.8, 4) is 6.07 Å². The predicted octanol–water partition coefficient (Wildman–Crippen LogP) is 4.28. The highest BCUT2D eigenvalue weighted by molar-refractivity contribution is 6.10. The zero-order chi connectivity index (χ0) is 18.6. The summed E-state index contributed by atoms with van der Waals surface area (Å²) in [5, 5.41) is 21.2. The number of nitriles is 1. The standard InChI is InChI=1S/C17H10F4N2O2/c18-12-6-4-10(5-7-12)15(24)14(9-22)16(25)23-13-3-1-2-11(8-13)17(19,20)21/h1-8,24H,(H,23,25)/b15-14-. The minimum atomic E-state index is -4.59. The number of hydrogen-bond acceptors (Lipinski definition) is 3. The van der Waals surface area contributed by atoms with E-state index in [-0.39, 0.29) is 11.3 Å². The maximum absolute atomic E-state index is 12.9. The Kier molecular flexibility index (Phi) is 5.08. The van der Waals surface area contributed by atoms with Gasteiger partial charge >= 0.3 is 6.18 Å². The predicted molar refractivity (Wildman–Crippen MR) is 81.6 cm³/mol. The van der Waals surface area contributed by atoms with Gasteiger partial charge in [0, 0.05) is 11.3 Å². The Morgan fingerprint density at radius 2 is 1.76 bits per heavy atom. The number of nitrogens with one attached hydrogen (secondary N) is 1. The first-order valence-electron chi connectivity index (χ1n) is 6.80. The van der Waals surface area contributed by atoms with E-state index in [4.69, 9.17) is 5.26 Å². The third-order valence-electron chi connectivity index (χ3n) is 3.14. The number of aliphatic hydroxyl groups is 1. The summed E-state index contributed by atoms with van der Waals surface area (Å²) in [6.45, 7) is 0. The number of anilines is 1. The van der Waals surface area contributed by atoms with Gasteiger partial charge in [0.25, 0.3) is 5.91 Å². The van der Waals surface area contributed by atoms with Gasteiger partial charge in [-0.25, -0.2) is 4.39 Å². The van der Waals surface area contributed by atoms with Gasteiger partial charge in [-0.1, -0.05) is 6.07 Å². The number of rotatable bonds is 3. The Morgan fingerprint density at radius 1 is 1.12 bits per heavy atom. The average Bonchev–Trinajstić information content (AvgIpc) is 2.55. The largest absolute Gasteiger partial charge is 0.506 e. The van der Waals surface area contributed by atoms with Crippen LogP contribution < -0.4 is 5.32 Å². The van der Waals surface area contributed by atoms with Crippen LogP contribution in [-0.2, 0) is 11.0 Å². The molecule has 128 valence electrons. The number of aliphatic hydroxyl groups excluding tert-OH is 1. The quantitative estimate of drug-likeness (QED) is 0.376. The van der Waals surface area contributed by atoms with E-state index < -0.39 is 34.8 Å². The van der Waals surface area contributed by atoms with Gasteiger partial charge < -0.3 is 10.4 Å². The van der Waals surface area contributed by atoms with E-state index in [0.717, 1.165) is 36.4 Å². The number of carbonyl (C=O) groups is 1. The number of hydrogen-bond donors (Lipinski definition) is 2. The molecule has 0 aromatic heterocycles. The van der Waals surface area contributed by atoms with Gasteiger partial charge in [0.1, 0.15) is 17.6 Å². The second-order valence-corrected chi connectivity index (χ2v) is 4.87. The molecule has 1 amide bonds. The fraction of sp³-hybridized carbons (Fsp3) is 0.0588. The second-order valence-electron chi connectivity index (χ2n) is 4.87. The maximum atomic E-state index is 12.9. The molecule has 0 spiro atoms. The lowest BCUT2D eigenvalue weighted by molar-refractivity contribution is -0.137. The van der Waals surface area contributed by atoms with Crippen LogP contribution in [-0.4, -0.2) is 11.0 Å². The SMILES string of the molecule is N#C/C(C(=O)Nc1cccc(C(F)(F)F)c1)=C(/O)c1ccc(F)cc1. The van der Waals surface area contributed by atoms with Gasteiger partial charge in [-0.2, -0.15) is 18.4 Å². The van der Waals surface area contributed by atoms with Gasteiger partial charge in [0.2, 0.25) is 0 Å². The van der Waals surface area contributed by atoms with Crippen LogP contribution in [0.5, 0.6) is 0 Å². The zero-order valence-electron chi connectivity index (χ0n) is 12.4. The molecule has 25 heavy (non-hydrogen) atoms. The average molecular weight is 350 g/mol. The number of carbonyl (C=O) groups excluding carboxylic acids is 1. The van der Waals surface area contributed by atoms with Crippen LogP contribution in [0.2, 0.25) is 0 Å². The van der Waals surface area contributed by atoms with Gasteiger partial charge in [-0.05, 0) is 42.5 Å². The lowest BCUT2D eigenvalue weighted by Gasteiger charge is -2.10. The molecule has 0 atom stereocenters. The van der Waals surface area contributed by atoms with E-state index in [9.17, 15) is 27.5 Å². The normalized spacial score (nSPS) is 12.1. The first-order valence-corrected chi connectivity index (χ1v) is 6.80. The van der Waals surface area contributed by atoms with Crippen molar-refractivity contribution in [2.45, 2.75) is 6.18 Å². The number of halogens is 4. The summed E-state index contributed by atoms with van der Waals surface area (Å²) in [5.74, 6) is -2.39. The second kappa shape index (κ2) is 7.05. The van der Waals surface area contributed by atoms with Crippen molar-refractivity contribution < 1.29 is 27.5 Å². The molecule has 0 aliphatic rings. The van der Waals surface area contributed by atoms with E-state index in [2.05, 4.69) is 5.32 Å². The van der Waals surface area contributed by atoms with Crippen molar-refractivity contribution in [1.29, 1.82) is 5.26 Å². The number of amides is 1. The summed E-state index contributed by atoms with van der Waals surface area (Å²) in [4.78, 5) is 12.1. The molecule has 2 rings (SSSR count). The summed E-state index contributed by atoms with van der Waals surface area (Å²) < 4.78 is 50.9. The summed E-state index contributed by atoms with van der Waals surface area (Å²) in [6.07, 6.45) is -4.59. The minimum absolute atomic E-state index is 0.0112. The van der Waals surface area contributed by atoms with E-state index in [1.807, 2.05) is 0 Å². The molecule has 0 saturated carbocycles. The van der Waals surface area contributed by atoms with Crippen molar-refractivity contribution in [2.75, 3.05) is 5.32 Å². The van der Waals surface area contributed by atoms with E-state index in [1.165, 1.54) is 12.1 Å². The third-order valence-corrected chi connectivity index (χ3v) is 3.14. The Labute approximate surface area is 139 Å². The van der Waals surface area contributed by atoms with Crippen molar-refractivity contribution in [2.24, 2.45) is 0 Å². The Morgan fingerprint density at radius 3 is 2.32 bits per heavy atom. The van der Waals surface area contributed by atoms with Gasteiger partial charge in [-0.3, -0.25) is 4.79 Å². The topological polar surface area (TPSA) is 73.1 Å². The van der Waals surface area contributed by atoms with Crippen LogP contribution in [0.25, 0.3) is 5.76 Å². The van der Waals surface area contributed by atoms with Gasteiger partial charge in [-0.15, -0.1) is 0 Å². The molecule has 0 heterocycles. The Balaban J connectivity index is 2.31. The van der Waals surface area contributed by atoms with Crippen LogP contribution in [0.15, 0.2) is 54.1 Å². The summed E-state index contributed by atoms with van der Waals surface area (Å²) in [5.41, 5.74) is -1.88. The lowest BCUT2D eigenvalue weighted by atomic mass is 10.1. The Bertz CT molecular complexity index is 865. The van der Waals surface area contributed by atoms with E-state index >= 15 is 0 Å². The highest BCUT2D eigenvalue weighted by atomic mass is 19.4. The minimum Gasteiger partial charge on any atom is -0.506 e. The molecule has 8 heteroatoms. The Hall–Kier alpha value is -3.34. The summed E-state index contributed by atoms with van der Waals surface area (Å²) in [6, 6.07) is 9.64. The first kappa shape index (κ1) is 18.0. The molecule has 2 N–H and O–H groups in total. The van der Waals surface area contributed by atoms with Crippen LogP contribution in [0, 0.1) is 17.1 Å². The van der Waals surface area contributed by atoms with Crippen LogP contribution in [0.4, 0.5) is 23.2 Å².